The van der Waals surface area contributed by atoms with Crippen molar-refractivity contribution in [3.05, 3.63) is 29.3 Å². The second kappa shape index (κ2) is 6.37. The summed E-state index contributed by atoms with van der Waals surface area (Å²) in [5.41, 5.74) is 0.838. The average Bonchev–Trinajstić information content (AvgIpc) is 3.26. The molecular formula is C17H23ClN2O. The minimum atomic E-state index is -0.0660. The smallest absolute Gasteiger partial charge is 0.244 e. The standard InChI is InChI=1S/C17H23ClN2O/c1-12(11-13-8-9-13)19-15-6-4-10-20(17(15)21)16-7-3-2-5-14(16)18/h2-3,5,7,12-13,15,19H,4,6,8-11H2,1H3/t12-,15+/m0/s1. The summed E-state index contributed by atoms with van der Waals surface area (Å²) >= 11 is 6.24. The van der Waals surface area contributed by atoms with Crippen LogP contribution >= 0.6 is 11.6 Å². The molecule has 3 rings (SSSR count). The molecule has 4 heteroatoms. The first kappa shape index (κ1) is 14.9. The largest absolute Gasteiger partial charge is 0.310 e. The molecule has 0 aromatic heterocycles. The molecule has 1 amide bonds. The van der Waals surface area contributed by atoms with Crippen molar-refractivity contribution < 1.29 is 4.79 Å². The minimum Gasteiger partial charge on any atom is -0.310 e. The molecule has 1 aliphatic carbocycles. The number of carbonyl (C=O) groups excluding carboxylic acids is 1. The second-order valence-corrected chi connectivity index (χ2v) is 6.79. The van der Waals surface area contributed by atoms with Crippen LogP contribution in [0.25, 0.3) is 0 Å². The Bertz CT molecular complexity index is 515. The Morgan fingerprint density at radius 3 is 2.81 bits per heavy atom. The summed E-state index contributed by atoms with van der Waals surface area (Å²) in [7, 11) is 0. The van der Waals surface area contributed by atoms with Gasteiger partial charge >= 0.3 is 0 Å². The Morgan fingerprint density at radius 1 is 1.33 bits per heavy atom. The van der Waals surface area contributed by atoms with E-state index in [9.17, 15) is 4.79 Å². The number of hydrogen-bond donors (Lipinski definition) is 1. The number of halogens is 1. The monoisotopic (exact) mass is 306 g/mol. The molecule has 1 saturated heterocycles. The van der Waals surface area contributed by atoms with Crippen LogP contribution in [0.4, 0.5) is 5.69 Å². The summed E-state index contributed by atoms with van der Waals surface area (Å²) < 4.78 is 0. The lowest BCUT2D eigenvalue weighted by molar-refractivity contribution is -0.122. The number of rotatable bonds is 5. The summed E-state index contributed by atoms with van der Waals surface area (Å²) in [5.74, 6) is 1.04. The lowest BCUT2D eigenvalue weighted by Gasteiger charge is -2.34. The van der Waals surface area contributed by atoms with Crippen molar-refractivity contribution in [2.45, 2.75) is 51.1 Å². The third kappa shape index (κ3) is 3.58. The maximum Gasteiger partial charge on any atom is 0.244 e. The number of carbonyl (C=O) groups is 1. The minimum absolute atomic E-state index is 0.0660. The number of para-hydroxylation sites is 1. The third-order valence-electron chi connectivity index (χ3n) is 4.45. The zero-order valence-corrected chi connectivity index (χ0v) is 13.3. The molecule has 1 saturated carbocycles. The molecule has 0 radical (unpaired) electrons. The zero-order valence-electron chi connectivity index (χ0n) is 12.5. The first-order valence-corrected chi connectivity index (χ1v) is 8.35. The molecule has 114 valence electrons. The van der Waals surface area contributed by atoms with Gasteiger partial charge in [-0.1, -0.05) is 36.6 Å². The molecule has 0 bridgehead atoms. The van der Waals surface area contributed by atoms with Crippen LogP contribution in [0.15, 0.2) is 24.3 Å². The number of anilines is 1. The maximum absolute atomic E-state index is 12.7. The normalized spacial score (nSPS) is 24.2. The Balaban J connectivity index is 1.66. The van der Waals surface area contributed by atoms with Crippen molar-refractivity contribution in [2.75, 3.05) is 11.4 Å². The molecular weight excluding hydrogens is 284 g/mol. The third-order valence-corrected chi connectivity index (χ3v) is 4.77. The summed E-state index contributed by atoms with van der Waals surface area (Å²) in [5, 5.41) is 4.18. The predicted molar refractivity (Wildman–Crippen MR) is 86.8 cm³/mol. The van der Waals surface area contributed by atoms with E-state index in [2.05, 4.69) is 12.2 Å². The molecule has 2 fully saturated rings. The van der Waals surface area contributed by atoms with Gasteiger partial charge in [0.15, 0.2) is 0 Å². The van der Waals surface area contributed by atoms with Crippen LogP contribution in [-0.2, 0) is 4.79 Å². The first-order chi connectivity index (χ1) is 10.1. The van der Waals surface area contributed by atoms with E-state index in [1.54, 1.807) is 0 Å². The van der Waals surface area contributed by atoms with Gasteiger partial charge in [0.25, 0.3) is 0 Å². The van der Waals surface area contributed by atoms with Gasteiger partial charge in [-0.15, -0.1) is 0 Å². The first-order valence-electron chi connectivity index (χ1n) is 7.97. The van der Waals surface area contributed by atoms with Crippen molar-refractivity contribution in [1.29, 1.82) is 0 Å². The fraction of sp³-hybridized carbons (Fsp3) is 0.588. The van der Waals surface area contributed by atoms with Gasteiger partial charge in [-0.05, 0) is 44.2 Å². The summed E-state index contributed by atoms with van der Waals surface area (Å²) in [4.78, 5) is 14.6. The Kier molecular flexibility index (Phi) is 4.51. The predicted octanol–water partition coefficient (Wildman–Crippen LogP) is 3.61. The summed E-state index contributed by atoms with van der Waals surface area (Å²) in [6, 6.07) is 7.95. The topological polar surface area (TPSA) is 32.3 Å². The quantitative estimate of drug-likeness (QED) is 0.901. The molecule has 1 heterocycles. The molecule has 2 atom stereocenters. The number of amides is 1. The average molecular weight is 307 g/mol. The molecule has 0 unspecified atom stereocenters. The molecule has 1 aliphatic heterocycles. The fourth-order valence-corrected chi connectivity index (χ4v) is 3.44. The van der Waals surface area contributed by atoms with Crippen molar-refractivity contribution in [1.82, 2.24) is 5.32 Å². The Labute approximate surface area is 131 Å². The van der Waals surface area contributed by atoms with Crippen LogP contribution < -0.4 is 10.2 Å². The highest BCUT2D eigenvalue weighted by molar-refractivity contribution is 6.33. The van der Waals surface area contributed by atoms with E-state index in [1.807, 2.05) is 29.2 Å². The van der Waals surface area contributed by atoms with E-state index in [0.29, 0.717) is 11.1 Å². The Hall–Kier alpha value is -1.06. The lowest BCUT2D eigenvalue weighted by atomic mass is 10.0. The number of nitrogens with zero attached hydrogens (tertiary/aromatic N) is 1. The van der Waals surface area contributed by atoms with Gasteiger partial charge in [-0.3, -0.25) is 4.79 Å². The summed E-state index contributed by atoms with van der Waals surface area (Å²) in [6.45, 7) is 2.96. The van der Waals surface area contributed by atoms with Crippen LogP contribution in [0.1, 0.15) is 39.0 Å². The van der Waals surface area contributed by atoms with E-state index in [4.69, 9.17) is 11.6 Å². The second-order valence-electron chi connectivity index (χ2n) is 6.38. The Morgan fingerprint density at radius 2 is 2.10 bits per heavy atom. The van der Waals surface area contributed by atoms with Crippen molar-refractivity contribution in [3.8, 4) is 0 Å². The molecule has 2 aliphatic rings. The van der Waals surface area contributed by atoms with Crippen LogP contribution in [0.3, 0.4) is 0 Å². The zero-order chi connectivity index (χ0) is 14.8. The number of nitrogens with one attached hydrogen (secondary N) is 1. The number of hydrogen-bond acceptors (Lipinski definition) is 2. The lowest BCUT2D eigenvalue weighted by Crippen LogP contribution is -2.53. The highest BCUT2D eigenvalue weighted by atomic mass is 35.5. The fourth-order valence-electron chi connectivity index (χ4n) is 3.20. The maximum atomic E-state index is 12.7. The molecule has 0 spiro atoms. The van der Waals surface area contributed by atoms with Crippen molar-refractivity contribution >= 4 is 23.2 Å². The van der Waals surface area contributed by atoms with Crippen LogP contribution in [0.2, 0.25) is 5.02 Å². The summed E-state index contributed by atoms with van der Waals surface area (Å²) in [6.07, 6.45) is 5.85. The SMILES string of the molecule is C[C@@H](CC1CC1)N[C@@H]1CCCN(c2ccccc2Cl)C1=O. The van der Waals surface area contributed by atoms with E-state index in [0.717, 1.165) is 31.0 Å². The molecule has 3 nitrogen and oxygen atoms in total. The van der Waals surface area contributed by atoms with E-state index < -0.39 is 0 Å². The van der Waals surface area contributed by atoms with Crippen LogP contribution in [-0.4, -0.2) is 24.5 Å². The van der Waals surface area contributed by atoms with E-state index in [-0.39, 0.29) is 11.9 Å². The number of benzene rings is 1. The van der Waals surface area contributed by atoms with Gasteiger partial charge in [0.05, 0.1) is 16.8 Å². The van der Waals surface area contributed by atoms with E-state index in [1.165, 1.54) is 19.3 Å². The van der Waals surface area contributed by atoms with E-state index >= 15 is 0 Å². The molecule has 1 aromatic carbocycles. The van der Waals surface area contributed by atoms with Gasteiger partial charge in [0.2, 0.25) is 5.91 Å². The highest BCUT2D eigenvalue weighted by Gasteiger charge is 2.32. The van der Waals surface area contributed by atoms with Crippen LogP contribution in [0, 0.1) is 5.92 Å². The number of piperidine rings is 1. The molecule has 1 aromatic rings. The van der Waals surface area contributed by atoms with Gasteiger partial charge in [-0.2, -0.15) is 0 Å². The van der Waals surface area contributed by atoms with Crippen LogP contribution in [0.5, 0.6) is 0 Å². The van der Waals surface area contributed by atoms with Gasteiger partial charge in [0, 0.05) is 12.6 Å². The van der Waals surface area contributed by atoms with Gasteiger partial charge < -0.3 is 10.2 Å². The highest BCUT2D eigenvalue weighted by Crippen LogP contribution is 2.34. The van der Waals surface area contributed by atoms with Gasteiger partial charge in [-0.25, -0.2) is 0 Å². The molecule has 1 N–H and O–H groups in total. The van der Waals surface area contributed by atoms with Crippen molar-refractivity contribution in [2.24, 2.45) is 5.92 Å². The molecule has 21 heavy (non-hydrogen) atoms. The van der Waals surface area contributed by atoms with Crippen molar-refractivity contribution in [3.63, 3.8) is 0 Å². The van der Waals surface area contributed by atoms with Gasteiger partial charge in [0.1, 0.15) is 0 Å².